The fourth-order valence-corrected chi connectivity index (χ4v) is 1.97. The first-order chi connectivity index (χ1) is 10.3. The van der Waals surface area contributed by atoms with Crippen LogP contribution < -0.4 is 10.1 Å². The van der Waals surface area contributed by atoms with Gasteiger partial charge in [0.25, 0.3) is 0 Å². The van der Waals surface area contributed by atoms with Crippen molar-refractivity contribution in [2.75, 3.05) is 6.61 Å². The van der Waals surface area contributed by atoms with E-state index in [0.717, 1.165) is 25.3 Å². The lowest BCUT2D eigenvalue weighted by molar-refractivity contribution is 0.306. The number of ether oxygens (including phenoxy) is 1. The zero-order chi connectivity index (χ0) is 14.9. The molecule has 1 aromatic carbocycles. The number of rotatable bonds is 9. The van der Waals surface area contributed by atoms with E-state index in [1.807, 2.05) is 19.1 Å². The zero-order valence-electron chi connectivity index (χ0n) is 12.8. The third-order valence-corrected chi connectivity index (χ3v) is 3.11. The summed E-state index contributed by atoms with van der Waals surface area (Å²) in [4.78, 5) is 4.14. The van der Waals surface area contributed by atoms with Crippen LogP contribution in [-0.2, 0) is 13.1 Å². The van der Waals surface area contributed by atoms with Gasteiger partial charge in [-0.25, -0.2) is 0 Å². The van der Waals surface area contributed by atoms with E-state index >= 15 is 0 Å². The average molecular weight is 289 g/mol. The van der Waals surface area contributed by atoms with Crippen molar-refractivity contribution in [3.05, 3.63) is 41.5 Å². The number of aryl methyl sites for hydroxylation is 1. The van der Waals surface area contributed by atoms with Gasteiger partial charge in [-0.1, -0.05) is 37.1 Å². The molecule has 0 aliphatic heterocycles. The minimum absolute atomic E-state index is 0.579. The first-order valence-corrected chi connectivity index (χ1v) is 7.49. The summed E-state index contributed by atoms with van der Waals surface area (Å²) in [7, 11) is 0. The van der Waals surface area contributed by atoms with E-state index in [-0.39, 0.29) is 0 Å². The van der Waals surface area contributed by atoms with Crippen molar-refractivity contribution in [1.82, 2.24) is 15.5 Å². The van der Waals surface area contributed by atoms with Crippen LogP contribution in [0.25, 0.3) is 0 Å². The highest BCUT2D eigenvalue weighted by molar-refractivity contribution is 5.27. The molecule has 0 aliphatic carbocycles. The standard InChI is InChI=1S/C16H23N3O2/c1-3-4-5-10-20-15-8-6-14(7-9-15)11-17-12-16-18-13(2)19-21-16/h6-9,17H,3-5,10-12H2,1-2H3. The minimum Gasteiger partial charge on any atom is -0.494 e. The molecule has 0 saturated carbocycles. The highest BCUT2D eigenvalue weighted by Crippen LogP contribution is 2.13. The lowest BCUT2D eigenvalue weighted by Gasteiger charge is -2.07. The zero-order valence-corrected chi connectivity index (χ0v) is 12.8. The molecule has 0 aliphatic rings. The van der Waals surface area contributed by atoms with Crippen LogP contribution in [-0.4, -0.2) is 16.7 Å². The summed E-state index contributed by atoms with van der Waals surface area (Å²) in [5.74, 6) is 2.21. The molecule has 5 nitrogen and oxygen atoms in total. The summed E-state index contributed by atoms with van der Waals surface area (Å²) in [6.07, 6.45) is 3.55. The molecule has 1 heterocycles. The van der Waals surface area contributed by atoms with Crippen LogP contribution in [0.5, 0.6) is 5.75 Å². The van der Waals surface area contributed by atoms with E-state index < -0.39 is 0 Å². The van der Waals surface area contributed by atoms with Gasteiger partial charge in [0, 0.05) is 6.54 Å². The Bertz CT molecular complexity index is 523. The SMILES string of the molecule is CCCCCOc1ccc(CNCc2nc(C)no2)cc1. The van der Waals surface area contributed by atoms with Gasteiger partial charge in [-0.2, -0.15) is 4.98 Å². The highest BCUT2D eigenvalue weighted by atomic mass is 16.5. The average Bonchev–Trinajstić information content (AvgIpc) is 2.91. The maximum Gasteiger partial charge on any atom is 0.240 e. The Morgan fingerprint density at radius 2 is 1.95 bits per heavy atom. The van der Waals surface area contributed by atoms with Crippen LogP contribution in [0.4, 0.5) is 0 Å². The number of hydrogen-bond acceptors (Lipinski definition) is 5. The molecule has 0 bridgehead atoms. The number of aromatic nitrogens is 2. The molecule has 0 unspecified atom stereocenters. The van der Waals surface area contributed by atoms with Gasteiger partial charge < -0.3 is 14.6 Å². The summed E-state index contributed by atoms with van der Waals surface area (Å²) < 4.78 is 10.7. The van der Waals surface area contributed by atoms with E-state index in [2.05, 4.69) is 34.5 Å². The van der Waals surface area contributed by atoms with E-state index in [1.54, 1.807) is 0 Å². The third-order valence-electron chi connectivity index (χ3n) is 3.11. The van der Waals surface area contributed by atoms with Gasteiger partial charge in [-0.15, -0.1) is 0 Å². The molecule has 0 atom stereocenters. The summed E-state index contributed by atoms with van der Waals surface area (Å²) >= 11 is 0. The molecule has 1 N–H and O–H groups in total. The molecule has 0 radical (unpaired) electrons. The van der Waals surface area contributed by atoms with Gasteiger partial charge in [0.2, 0.25) is 5.89 Å². The number of nitrogens with zero attached hydrogens (tertiary/aromatic N) is 2. The van der Waals surface area contributed by atoms with Gasteiger partial charge in [0.1, 0.15) is 5.75 Å². The highest BCUT2D eigenvalue weighted by Gasteiger charge is 2.02. The van der Waals surface area contributed by atoms with Crippen molar-refractivity contribution in [2.24, 2.45) is 0 Å². The molecule has 0 fully saturated rings. The Labute approximate surface area is 125 Å². The fraction of sp³-hybridized carbons (Fsp3) is 0.500. The quantitative estimate of drug-likeness (QED) is 0.718. The van der Waals surface area contributed by atoms with Crippen LogP contribution >= 0.6 is 0 Å². The maximum atomic E-state index is 5.69. The molecular weight excluding hydrogens is 266 g/mol. The van der Waals surface area contributed by atoms with Crippen LogP contribution in [0.2, 0.25) is 0 Å². The van der Waals surface area contributed by atoms with Gasteiger partial charge in [0.05, 0.1) is 13.2 Å². The van der Waals surface area contributed by atoms with Crippen molar-refractivity contribution in [3.63, 3.8) is 0 Å². The second-order valence-electron chi connectivity index (χ2n) is 5.04. The van der Waals surface area contributed by atoms with Gasteiger partial charge in [0.15, 0.2) is 5.82 Å². The number of hydrogen-bond donors (Lipinski definition) is 1. The summed E-state index contributed by atoms with van der Waals surface area (Å²) in [6.45, 7) is 6.14. The molecule has 1 aromatic heterocycles. The Hall–Kier alpha value is -1.88. The second kappa shape index (κ2) is 8.42. The second-order valence-corrected chi connectivity index (χ2v) is 5.04. The normalized spacial score (nSPS) is 10.8. The monoisotopic (exact) mass is 289 g/mol. The minimum atomic E-state index is 0.579. The Balaban J connectivity index is 1.69. The Kier molecular flexibility index (Phi) is 6.22. The van der Waals surface area contributed by atoms with Gasteiger partial charge in [-0.05, 0) is 31.0 Å². The molecule has 0 spiro atoms. The van der Waals surface area contributed by atoms with Crippen molar-refractivity contribution < 1.29 is 9.26 Å². The van der Waals surface area contributed by atoms with Crippen LogP contribution in [0, 0.1) is 6.92 Å². The smallest absolute Gasteiger partial charge is 0.240 e. The van der Waals surface area contributed by atoms with Crippen LogP contribution in [0.1, 0.15) is 43.5 Å². The van der Waals surface area contributed by atoms with E-state index in [9.17, 15) is 0 Å². The number of nitrogens with one attached hydrogen (secondary N) is 1. The largest absolute Gasteiger partial charge is 0.494 e. The summed E-state index contributed by atoms with van der Waals surface area (Å²) in [6, 6.07) is 8.17. The van der Waals surface area contributed by atoms with Gasteiger partial charge in [-0.3, -0.25) is 0 Å². The van der Waals surface area contributed by atoms with Gasteiger partial charge >= 0.3 is 0 Å². The van der Waals surface area contributed by atoms with Crippen molar-refractivity contribution in [1.29, 1.82) is 0 Å². The fourth-order valence-electron chi connectivity index (χ4n) is 1.97. The summed E-state index contributed by atoms with van der Waals surface area (Å²) in [5.41, 5.74) is 1.20. The van der Waals surface area contributed by atoms with Crippen molar-refractivity contribution in [3.8, 4) is 5.75 Å². The predicted octanol–water partition coefficient (Wildman–Crippen LogP) is 3.24. The predicted molar refractivity (Wildman–Crippen MR) is 81.0 cm³/mol. The molecule has 2 aromatic rings. The van der Waals surface area contributed by atoms with Crippen LogP contribution in [0.15, 0.2) is 28.8 Å². The van der Waals surface area contributed by atoms with Crippen LogP contribution in [0.3, 0.4) is 0 Å². The molecule has 21 heavy (non-hydrogen) atoms. The Morgan fingerprint density at radius 1 is 1.14 bits per heavy atom. The first-order valence-electron chi connectivity index (χ1n) is 7.49. The molecule has 5 heteroatoms. The number of benzene rings is 1. The third kappa shape index (κ3) is 5.55. The van der Waals surface area contributed by atoms with E-state index in [1.165, 1.54) is 18.4 Å². The first kappa shape index (κ1) is 15.5. The van der Waals surface area contributed by atoms with E-state index in [4.69, 9.17) is 9.26 Å². The molecular formula is C16H23N3O2. The van der Waals surface area contributed by atoms with Crippen molar-refractivity contribution >= 4 is 0 Å². The van der Waals surface area contributed by atoms with Crippen molar-refractivity contribution in [2.45, 2.75) is 46.2 Å². The molecule has 0 amide bonds. The maximum absolute atomic E-state index is 5.69. The topological polar surface area (TPSA) is 60.2 Å². The lowest BCUT2D eigenvalue weighted by atomic mass is 10.2. The molecule has 0 saturated heterocycles. The van der Waals surface area contributed by atoms with E-state index in [0.29, 0.717) is 18.3 Å². The summed E-state index contributed by atoms with van der Waals surface area (Å²) in [5, 5.41) is 7.03. The number of unbranched alkanes of at least 4 members (excludes halogenated alkanes) is 2. The molecule has 114 valence electrons. The Morgan fingerprint density at radius 3 is 2.62 bits per heavy atom. The lowest BCUT2D eigenvalue weighted by Crippen LogP contribution is -2.12. The molecule has 2 rings (SSSR count).